The molecule has 5 nitrogen and oxygen atoms in total. The third-order valence-corrected chi connectivity index (χ3v) is 3.56. The lowest BCUT2D eigenvalue weighted by Gasteiger charge is -2.06. The fraction of sp³-hybridized carbons (Fsp3) is 0.0714. The topological polar surface area (TPSA) is 85.1 Å². The van der Waals surface area contributed by atoms with E-state index < -0.39 is 5.91 Å². The number of hydrogen-bond acceptors (Lipinski definition) is 3. The number of carbonyl (C=O) groups excluding carboxylic acids is 2. The molecule has 0 aliphatic heterocycles. The number of pyridine rings is 1. The first-order chi connectivity index (χ1) is 9.47. The van der Waals surface area contributed by atoms with Crippen molar-refractivity contribution in [3.8, 4) is 0 Å². The molecular formula is C14H12BrN3O2. The molecule has 6 heteroatoms. The van der Waals surface area contributed by atoms with Crippen LogP contribution in [0.5, 0.6) is 0 Å². The largest absolute Gasteiger partial charge is 0.366 e. The van der Waals surface area contributed by atoms with E-state index in [1.165, 1.54) is 12.1 Å². The number of anilines is 1. The molecule has 0 radical (unpaired) electrons. The quantitative estimate of drug-likeness (QED) is 0.904. The van der Waals surface area contributed by atoms with Crippen LogP contribution in [0.1, 0.15) is 26.3 Å². The summed E-state index contributed by atoms with van der Waals surface area (Å²) in [4.78, 5) is 27.1. The summed E-state index contributed by atoms with van der Waals surface area (Å²) in [6.07, 6.45) is 1.66. The van der Waals surface area contributed by atoms with E-state index in [4.69, 9.17) is 5.73 Å². The van der Waals surface area contributed by atoms with Crippen molar-refractivity contribution in [1.29, 1.82) is 0 Å². The predicted molar refractivity (Wildman–Crippen MR) is 79.6 cm³/mol. The van der Waals surface area contributed by atoms with E-state index in [0.717, 1.165) is 10.0 Å². The van der Waals surface area contributed by atoms with Gasteiger partial charge in [0.2, 0.25) is 5.91 Å². The number of primary amides is 1. The van der Waals surface area contributed by atoms with E-state index in [1.807, 2.05) is 6.92 Å². The number of benzene rings is 1. The lowest BCUT2D eigenvalue weighted by atomic mass is 10.1. The number of halogens is 1. The van der Waals surface area contributed by atoms with Gasteiger partial charge >= 0.3 is 0 Å². The van der Waals surface area contributed by atoms with Gasteiger partial charge in [-0.3, -0.25) is 9.59 Å². The Morgan fingerprint density at radius 3 is 2.35 bits per heavy atom. The van der Waals surface area contributed by atoms with Gasteiger partial charge in [-0.2, -0.15) is 0 Å². The van der Waals surface area contributed by atoms with E-state index in [0.29, 0.717) is 16.9 Å². The van der Waals surface area contributed by atoms with Gasteiger partial charge in [0.15, 0.2) is 0 Å². The molecule has 3 N–H and O–H groups in total. The van der Waals surface area contributed by atoms with E-state index in [1.54, 1.807) is 24.4 Å². The minimum atomic E-state index is -0.527. The molecule has 0 unspecified atom stereocenters. The first-order valence-electron chi connectivity index (χ1n) is 5.81. The summed E-state index contributed by atoms with van der Waals surface area (Å²) >= 11 is 3.38. The van der Waals surface area contributed by atoms with Crippen molar-refractivity contribution in [3.63, 3.8) is 0 Å². The second-order valence-electron chi connectivity index (χ2n) is 4.21. The van der Waals surface area contributed by atoms with Crippen molar-refractivity contribution in [1.82, 2.24) is 4.98 Å². The number of carbonyl (C=O) groups is 2. The van der Waals surface area contributed by atoms with Crippen molar-refractivity contribution in [2.75, 3.05) is 5.32 Å². The van der Waals surface area contributed by atoms with E-state index >= 15 is 0 Å². The lowest BCUT2D eigenvalue weighted by molar-refractivity contribution is 0.0995. The third kappa shape index (κ3) is 3.21. The van der Waals surface area contributed by atoms with Crippen LogP contribution in [0.15, 0.2) is 41.0 Å². The summed E-state index contributed by atoms with van der Waals surface area (Å²) in [5.41, 5.74) is 6.90. The zero-order valence-corrected chi connectivity index (χ0v) is 12.3. The van der Waals surface area contributed by atoms with Gasteiger partial charge in [-0.15, -0.1) is 0 Å². The minimum absolute atomic E-state index is 0.302. The average Bonchev–Trinajstić information content (AvgIpc) is 2.43. The maximum atomic E-state index is 12.0. The molecule has 0 saturated carbocycles. The van der Waals surface area contributed by atoms with Crippen LogP contribution >= 0.6 is 15.9 Å². The molecule has 1 aromatic carbocycles. The Morgan fingerprint density at radius 1 is 1.20 bits per heavy atom. The molecule has 2 aromatic rings. The number of amides is 2. The van der Waals surface area contributed by atoms with Gasteiger partial charge in [0, 0.05) is 21.8 Å². The minimum Gasteiger partial charge on any atom is -0.366 e. The molecule has 0 saturated heterocycles. The highest BCUT2D eigenvalue weighted by Gasteiger charge is 2.08. The normalized spacial score (nSPS) is 10.1. The molecule has 0 aliphatic rings. The Balaban J connectivity index is 2.15. The summed E-state index contributed by atoms with van der Waals surface area (Å²) in [7, 11) is 0. The summed E-state index contributed by atoms with van der Waals surface area (Å²) < 4.78 is 0.867. The number of nitrogens with one attached hydrogen (secondary N) is 1. The highest BCUT2D eigenvalue weighted by atomic mass is 79.9. The van der Waals surface area contributed by atoms with Gasteiger partial charge in [0.1, 0.15) is 5.82 Å². The van der Waals surface area contributed by atoms with E-state index in [-0.39, 0.29) is 5.91 Å². The Kier molecular flexibility index (Phi) is 4.14. The molecule has 0 atom stereocenters. The first kappa shape index (κ1) is 14.2. The summed E-state index contributed by atoms with van der Waals surface area (Å²) in [6, 6.07) is 7.83. The van der Waals surface area contributed by atoms with Gasteiger partial charge < -0.3 is 11.1 Å². The molecule has 0 bridgehead atoms. The van der Waals surface area contributed by atoms with Crippen LogP contribution in [-0.4, -0.2) is 16.8 Å². The van der Waals surface area contributed by atoms with Crippen LogP contribution in [0.2, 0.25) is 0 Å². The Hall–Kier alpha value is -2.21. The van der Waals surface area contributed by atoms with Crippen LogP contribution in [0, 0.1) is 6.92 Å². The highest BCUT2D eigenvalue weighted by molar-refractivity contribution is 9.10. The van der Waals surface area contributed by atoms with Crippen molar-refractivity contribution < 1.29 is 9.59 Å². The molecule has 2 rings (SSSR count). The number of nitrogens with zero attached hydrogens (tertiary/aromatic N) is 1. The Labute approximate surface area is 124 Å². The molecule has 1 aromatic heterocycles. The fourth-order valence-electron chi connectivity index (χ4n) is 1.54. The smallest absolute Gasteiger partial charge is 0.256 e. The van der Waals surface area contributed by atoms with Crippen LogP contribution in [-0.2, 0) is 0 Å². The van der Waals surface area contributed by atoms with Crippen LogP contribution in [0.3, 0.4) is 0 Å². The van der Waals surface area contributed by atoms with Gasteiger partial charge in [-0.25, -0.2) is 4.98 Å². The second-order valence-corrected chi connectivity index (χ2v) is 5.07. The lowest BCUT2D eigenvalue weighted by Crippen LogP contribution is -2.14. The van der Waals surface area contributed by atoms with Crippen LogP contribution < -0.4 is 11.1 Å². The van der Waals surface area contributed by atoms with Crippen molar-refractivity contribution >= 4 is 33.6 Å². The monoisotopic (exact) mass is 333 g/mol. The molecule has 20 heavy (non-hydrogen) atoms. The molecule has 102 valence electrons. The first-order valence-corrected chi connectivity index (χ1v) is 6.60. The number of aryl methyl sites for hydroxylation is 1. The SMILES string of the molecule is Cc1cnc(NC(=O)c2ccc(C(N)=O)cc2)cc1Br. The predicted octanol–water partition coefficient (Wildman–Crippen LogP) is 2.50. The summed E-state index contributed by atoms with van der Waals surface area (Å²) in [5.74, 6) is -0.378. The zero-order chi connectivity index (χ0) is 14.7. The molecule has 1 heterocycles. The van der Waals surface area contributed by atoms with E-state index in [2.05, 4.69) is 26.2 Å². The number of rotatable bonds is 3. The molecule has 0 spiro atoms. The van der Waals surface area contributed by atoms with Gasteiger partial charge in [0.25, 0.3) is 5.91 Å². The standard InChI is InChI=1S/C14H12BrN3O2/c1-8-7-17-12(6-11(8)15)18-14(20)10-4-2-9(3-5-10)13(16)19/h2-7H,1H3,(H2,16,19)(H,17,18,20). The van der Waals surface area contributed by atoms with Crippen LogP contribution in [0.25, 0.3) is 0 Å². The van der Waals surface area contributed by atoms with E-state index in [9.17, 15) is 9.59 Å². The average molecular weight is 334 g/mol. The van der Waals surface area contributed by atoms with Gasteiger partial charge in [-0.05, 0) is 42.8 Å². The Morgan fingerprint density at radius 2 is 1.80 bits per heavy atom. The maximum Gasteiger partial charge on any atom is 0.256 e. The summed E-state index contributed by atoms with van der Waals surface area (Å²) in [5, 5.41) is 2.68. The third-order valence-electron chi connectivity index (χ3n) is 2.71. The number of hydrogen-bond donors (Lipinski definition) is 2. The molecule has 0 aliphatic carbocycles. The van der Waals surface area contributed by atoms with Crippen molar-refractivity contribution in [2.45, 2.75) is 6.92 Å². The fourth-order valence-corrected chi connectivity index (χ4v) is 1.86. The molecule has 0 fully saturated rings. The second kappa shape index (κ2) is 5.83. The molecular weight excluding hydrogens is 322 g/mol. The zero-order valence-electron chi connectivity index (χ0n) is 10.7. The highest BCUT2D eigenvalue weighted by Crippen LogP contribution is 2.18. The van der Waals surface area contributed by atoms with Crippen molar-refractivity contribution in [2.24, 2.45) is 5.73 Å². The van der Waals surface area contributed by atoms with Crippen LogP contribution in [0.4, 0.5) is 5.82 Å². The Bertz CT molecular complexity index is 669. The maximum absolute atomic E-state index is 12.0. The van der Waals surface area contributed by atoms with Gasteiger partial charge in [-0.1, -0.05) is 15.9 Å². The van der Waals surface area contributed by atoms with Gasteiger partial charge in [0.05, 0.1) is 0 Å². The number of aromatic nitrogens is 1. The molecule has 2 amide bonds. The van der Waals surface area contributed by atoms with Crippen molar-refractivity contribution in [3.05, 3.63) is 57.7 Å². The summed E-state index contributed by atoms with van der Waals surface area (Å²) in [6.45, 7) is 1.91. The number of nitrogens with two attached hydrogens (primary N) is 1.